The molecule has 2 aromatic carbocycles. The second-order valence-corrected chi connectivity index (χ2v) is 7.15. The summed E-state index contributed by atoms with van der Waals surface area (Å²) in [7, 11) is 0. The van der Waals surface area contributed by atoms with Crippen LogP contribution in [0.3, 0.4) is 0 Å². The van der Waals surface area contributed by atoms with E-state index in [4.69, 9.17) is 11.6 Å². The van der Waals surface area contributed by atoms with E-state index in [2.05, 4.69) is 16.0 Å². The number of ketones is 2. The maximum absolute atomic E-state index is 12.5. The van der Waals surface area contributed by atoms with E-state index in [0.717, 1.165) is 27.8 Å². The number of hydrogen-bond donors (Lipinski definition) is 0. The minimum atomic E-state index is -0.0356. The molecule has 0 bridgehead atoms. The van der Waals surface area contributed by atoms with Crippen molar-refractivity contribution in [1.82, 2.24) is 4.98 Å². The van der Waals surface area contributed by atoms with Gasteiger partial charge in [-0.1, -0.05) is 48.0 Å². The van der Waals surface area contributed by atoms with Crippen molar-refractivity contribution < 1.29 is 9.59 Å². The predicted octanol–water partition coefficient (Wildman–Crippen LogP) is 4.72. The lowest BCUT2D eigenvalue weighted by Gasteiger charge is -2.08. The van der Waals surface area contributed by atoms with Crippen molar-refractivity contribution in [1.29, 1.82) is 0 Å². The van der Waals surface area contributed by atoms with E-state index in [1.807, 2.05) is 36.4 Å². The number of hydrogen-bond acceptors (Lipinski definition) is 4. The molecule has 0 spiro atoms. The van der Waals surface area contributed by atoms with Crippen LogP contribution >= 0.6 is 11.6 Å². The molecule has 1 aromatic heterocycles. The summed E-state index contributed by atoms with van der Waals surface area (Å²) in [5.41, 5.74) is 6.07. The summed E-state index contributed by atoms with van der Waals surface area (Å²) in [4.78, 5) is 32.3. The normalized spacial score (nSPS) is 12.4. The Balaban J connectivity index is 1.52. The Morgan fingerprint density at radius 1 is 1.04 bits per heavy atom. The molecule has 0 fully saturated rings. The monoisotopic (exact) mass is 388 g/mol. The number of nitrogens with zero attached hydrogens (tertiary/aromatic N) is 2. The Hall–Kier alpha value is -3.11. The molecule has 0 atom stereocenters. The van der Waals surface area contributed by atoms with Crippen LogP contribution in [0.1, 0.15) is 34.0 Å². The number of rotatable bonds is 5. The fourth-order valence-electron chi connectivity index (χ4n) is 3.38. The number of Topliss-reactive ketones (excluding diaryl/α,β-unsaturated/α-hetero) is 2. The predicted molar refractivity (Wildman–Crippen MR) is 110 cm³/mol. The van der Waals surface area contributed by atoms with Gasteiger partial charge in [-0.15, -0.1) is 0 Å². The zero-order chi connectivity index (χ0) is 19.7. The molecule has 3 aromatic rings. The first-order chi connectivity index (χ1) is 13.5. The minimum Gasteiger partial charge on any atom is -0.294 e. The fourth-order valence-corrected chi connectivity index (χ4v) is 3.61. The van der Waals surface area contributed by atoms with Crippen LogP contribution in [0.4, 0.5) is 0 Å². The molecule has 0 saturated carbocycles. The molecule has 1 aliphatic heterocycles. The summed E-state index contributed by atoms with van der Waals surface area (Å²) in [6.07, 6.45) is 3.33. The third kappa shape index (κ3) is 3.51. The van der Waals surface area contributed by atoms with Crippen LogP contribution in [-0.4, -0.2) is 22.3 Å². The summed E-state index contributed by atoms with van der Waals surface area (Å²) in [6, 6.07) is 15.6. The number of pyridine rings is 1. The van der Waals surface area contributed by atoms with Crippen molar-refractivity contribution in [2.75, 3.05) is 0 Å². The molecule has 0 N–H and O–H groups in total. The lowest BCUT2D eigenvalue weighted by Crippen LogP contribution is -2.09. The molecule has 0 saturated heterocycles. The Morgan fingerprint density at radius 3 is 2.50 bits per heavy atom. The number of aliphatic imine (C=N–C) groups is 1. The van der Waals surface area contributed by atoms with E-state index in [1.54, 1.807) is 19.2 Å². The molecule has 4 nitrogen and oxygen atoms in total. The molecule has 0 amide bonds. The number of aromatic nitrogens is 1. The van der Waals surface area contributed by atoms with Gasteiger partial charge in [0.05, 0.1) is 11.6 Å². The Morgan fingerprint density at radius 2 is 1.79 bits per heavy atom. The van der Waals surface area contributed by atoms with Crippen molar-refractivity contribution in [2.24, 2.45) is 4.99 Å². The van der Waals surface area contributed by atoms with E-state index < -0.39 is 0 Å². The second-order valence-electron chi connectivity index (χ2n) is 6.75. The van der Waals surface area contributed by atoms with Crippen LogP contribution in [0.2, 0.25) is 5.02 Å². The van der Waals surface area contributed by atoms with E-state index >= 15 is 0 Å². The topological polar surface area (TPSA) is 59.4 Å². The lowest BCUT2D eigenvalue weighted by atomic mass is 9.96. The van der Waals surface area contributed by atoms with Gasteiger partial charge >= 0.3 is 0 Å². The van der Waals surface area contributed by atoms with E-state index in [9.17, 15) is 9.59 Å². The van der Waals surface area contributed by atoms with Crippen LogP contribution in [0, 0.1) is 0 Å². The van der Waals surface area contributed by atoms with Crippen molar-refractivity contribution in [3.8, 4) is 11.1 Å². The number of carbonyl (C=O) groups is 2. The highest BCUT2D eigenvalue weighted by atomic mass is 35.5. The van der Waals surface area contributed by atoms with Crippen LogP contribution in [-0.2, 0) is 17.8 Å². The highest BCUT2D eigenvalue weighted by Crippen LogP contribution is 2.27. The maximum Gasteiger partial charge on any atom is 0.178 e. The van der Waals surface area contributed by atoms with Crippen molar-refractivity contribution in [2.45, 2.75) is 19.9 Å². The zero-order valence-electron chi connectivity index (χ0n) is 15.3. The largest absolute Gasteiger partial charge is 0.294 e. The Labute approximate surface area is 167 Å². The van der Waals surface area contributed by atoms with Gasteiger partial charge in [0.15, 0.2) is 11.6 Å². The van der Waals surface area contributed by atoms with Gasteiger partial charge in [0, 0.05) is 36.9 Å². The molecule has 5 heteroatoms. The molecule has 0 unspecified atom stereocenters. The standard InChI is InChI=1S/C23H17ClN2O2/c1-14(27)23-19-7-6-17(11-18(19)12-26-23)16-4-2-15(3-5-16)10-22(28)20-8-9-25-13-21(20)24/h2-9,11,13H,10,12H2,1H3. The first-order valence-corrected chi connectivity index (χ1v) is 9.31. The zero-order valence-corrected chi connectivity index (χ0v) is 16.0. The molecule has 1 aliphatic rings. The van der Waals surface area contributed by atoms with E-state index in [0.29, 0.717) is 22.8 Å². The lowest BCUT2D eigenvalue weighted by molar-refractivity contribution is -0.111. The molecular formula is C23H17ClN2O2. The van der Waals surface area contributed by atoms with Gasteiger partial charge in [0.1, 0.15) is 5.71 Å². The number of fused-ring (bicyclic) bond motifs is 1. The third-order valence-electron chi connectivity index (χ3n) is 4.83. The van der Waals surface area contributed by atoms with Gasteiger partial charge < -0.3 is 0 Å². The Kier molecular flexibility index (Phi) is 4.88. The van der Waals surface area contributed by atoms with Crippen molar-refractivity contribution in [3.63, 3.8) is 0 Å². The first-order valence-electron chi connectivity index (χ1n) is 8.93. The molecule has 0 radical (unpaired) electrons. The van der Waals surface area contributed by atoms with Gasteiger partial charge in [-0.05, 0) is 34.4 Å². The highest BCUT2D eigenvalue weighted by molar-refractivity contribution is 6.46. The van der Waals surface area contributed by atoms with Crippen molar-refractivity contribution in [3.05, 3.63) is 88.2 Å². The van der Waals surface area contributed by atoms with Gasteiger partial charge in [-0.3, -0.25) is 19.6 Å². The first kappa shape index (κ1) is 18.3. The van der Waals surface area contributed by atoms with Crippen LogP contribution in [0.5, 0.6) is 0 Å². The van der Waals surface area contributed by atoms with Gasteiger partial charge in [0.2, 0.25) is 0 Å². The van der Waals surface area contributed by atoms with Crippen LogP contribution in [0.25, 0.3) is 11.1 Å². The van der Waals surface area contributed by atoms with Crippen LogP contribution in [0.15, 0.2) is 65.9 Å². The summed E-state index contributed by atoms with van der Waals surface area (Å²) in [5, 5.41) is 0.370. The van der Waals surface area contributed by atoms with E-state index in [1.165, 1.54) is 6.20 Å². The summed E-state index contributed by atoms with van der Waals surface area (Å²) in [5.74, 6) is -0.0404. The van der Waals surface area contributed by atoms with Gasteiger partial charge in [-0.2, -0.15) is 0 Å². The Bertz CT molecular complexity index is 1120. The number of halogens is 1. The van der Waals surface area contributed by atoms with Crippen LogP contribution < -0.4 is 0 Å². The van der Waals surface area contributed by atoms with Gasteiger partial charge in [-0.25, -0.2) is 0 Å². The highest BCUT2D eigenvalue weighted by Gasteiger charge is 2.19. The maximum atomic E-state index is 12.5. The molecule has 0 aliphatic carbocycles. The summed E-state index contributed by atoms with van der Waals surface area (Å²) in [6.45, 7) is 2.08. The average molecular weight is 389 g/mol. The SMILES string of the molecule is CC(=O)C1=NCc2cc(-c3ccc(CC(=O)c4ccncc4Cl)cc3)ccc21. The molecule has 2 heterocycles. The quantitative estimate of drug-likeness (QED) is 0.594. The second kappa shape index (κ2) is 7.49. The number of carbonyl (C=O) groups excluding carboxylic acids is 2. The number of benzene rings is 2. The average Bonchev–Trinajstić information content (AvgIpc) is 3.12. The summed E-state index contributed by atoms with van der Waals surface area (Å²) < 4.78 is 0. The minimum absolute atomic E-state index is 0.00480. The summed E-state index contributed by atoms with van der Waals surface area (Å²) >= 11 is 6.05. The molecule has 28 heavy (non-hydrogen) atoms. The molecule has 138 valence electrons. The smallest absolute Gasteiger partial charge is 0.178 e. The fraction of sp³-hybridized carbons (Fsp3) is 0.130. The van der Waals surface area contributed by atoms with Gasteiger partial charge in [0.25, 0.3) is 0 Å². The van der Waals surface area contributed by atoms with E-state index in [-0.39, 0.29) is 18.0 Å². The third-order valence-corrected chi connectivity index (χ3v) is 5.13. The van der Waals surface area contributed by atoms with Crippen molar-refractivity contribution >= 4 is 28.9 Å². The molecule has 4 rings (SSSR count). The molecular weight excluding hydrogens is 372 g/mol.